The van der Waals surface area contributed by atoms with E-state index in [2.05, 4.69) is 44.5 Å². The van der Waals surface area contributed by atoms with Crippen LogP contribution in [0.25, 0.3) is 5.69 Å². The Balaban J connectivity index is 1.57. The van der Waals surface area contributed by atoms with Crippen molar-refractivity contribution >= 4 is 35.1 Å². The number of aromatic nitrogens is 3. The Hall–Kier alpha value is -3.69. The molecule has 0 atom stereocenters. The van der Waals surface area contributed by atoms with Crippen LogP contribution >= 0.6 is 23.5 Å². The third-order valence-corrected chi connectivity index (χ3v) is 6.84. The fraction of sp³-hybridized carbons (Fsp3) is 0.276. The van der Waals surface area contributed by atoms with Gasteiger partial charge in [-0.05, 0) is 50.5 Å². The van der Waals surface area contributed by atoms with Crippen molar-refractivity contribution in [3.8, 4) is 17.3 Å². The van der Waals surface area contributed by atoms with E-state index in [0.29, 0.717) is 46.7 Å². The maximum atomic E-state index is 13.7. The molecule has 3 aromatic rings. The number of rotatable bonds is 8. The largest absolute Gasteiger partial charge is 0.439 e. The van der Waals surface area contributed by atoms with E-state index in [-0.39, 0.29) is 5.78 Å². The van der Waals surface area contributed by atoms with E-state index in [0.717, 1.165) is 24.1 Å². The summed E-state index contributed by atoms with van der Waals surface area (Å²) in [7, 11) is 1.78. The molecule has 8 nitrogen and oxygen atoms in total. The average Bonchev–Trinajstić information content (AvgIpc) is 3.32. The molecule has 1 aromatic carbocycles. The highest BCUT2D eigenvalue weighted by Gasteiger charge is 2.22. The fourth-order valence-electron chi connectivity index (χ4n) is 4.26. The molecule has 0 amide bonds. The van der Waals surface area contributed by atoms with Crippen LogP contribution in [0.15, 0.2) is 77.9 Å². The van der Waals surface area contributed by atoms with E-state index in [1.807, 2.05) is 37.5 Å². The first-order valence-corrected chi connectivity index (χ1v) is 14.3. The number of hydrogen-bond acceptors (Lipinski definition) is 8. The molecule has 0 unspecified atom stereocenters. The van der Waals surface area contributed by atoms with E-state index < -0.39 is 0 Å². The van der Waals surface area contributed by atoms with E-state index in [4.69, 9.17) is 16.3 Å². The van der Waals surface area contributed by atoms with Crippen LogP contribution in [0.5, 0.6) is 11.6 Å². The maximum absolute atomic E-state index is 13.7. The molecule has 1 aliphatic heterocycles. The highest BCUT2D eigenvalue weighted by Crippen LogP contribution is 2.28. The Kier molecular flexibility index (Phi) is 9.73. The summed E-state index contributed by atoms with van der Waals surface area (Å²) in [5.41, 5.74) is 5.09. The number of ketones is 1. The lowest BCUT2D eigenvalue weighted by molar-refractivity contribution is 0.102. The minimum absolute atomic E-state index is 0.117. The SMILES string of the molecule is CNc1c(C(=O)/C2=C/C/C=C(/C)C/C(NSC)=C\CCN2)cnn1-c1cnc(Oc2cccc(Cl)c2)cc1C. The van der Waals surface area contributed by atoms with Gasteiger partial charge in [0.15, 0.2) is 0 Å². The van der Waals surface area contributed by atoms with Gasteiger partial charge in [0.05, 0.1) is 29.3 Å². The normalized spacial score (nSPS) is 18.2. The number of carbonyl (C=O) groups excluding carboxylic acids is 1. The van der Waals surface area contributed by atoms with E-state index in [9.17, 15) is 4.79 Å². The lowest BCUT2D eigenvalue weighted by atomic mass is 10.1. The van der Waals surface area contributed by atoms with Crippen LogP contribution in [0.1, 0.15) is 42.1 Å². The molecule has 39 heavy (non-hydrogen) atoms. The molecule has 2 aromatic heterocycles. The zero-order valence-electron chi connectivity index (χ0n) is 22.5. The van der Waals surface area contributed by atoms with Crippen LogP contribution in [-0.4, -0.2) is 40.4 Å². The quantitative estimate of drug-likeness (QED) is 0.160. The number of allylic oxidation sites excluding steroid dienone is 4. The molecule has 204 valence electrons. The summed E-state index contributed by atoms with van der Waals surface area (Å²) in [6, 6.07) is 8.98. The first kappa shape index (κ1) is 28.3. The van der Waals surface area contributed by atoms with Gasteiger partial charge in [-0.15, -0.1) is 0 Å². The average molecular weight is 565 g/mol. The molecule has 0 saturated carbocycles. The topological polar surface area (TPSA) is 93.1 Å². The molecular formula is C29H33ClN6O2S. The van der Waals surface area contributed by atoms with Crippen LogP contribution < -0.4 is 20.1 Å². The van der Waals surface area contributed by atoms with Crippen molar-refractivity contribution < 1.29 is 9.53 Å². The first-order valence-electron chi connectivity index (χ1n) is 12.7. The molecule has 0 spiro atoms. The van der Waals surface area contributed by atoms with Gasteiger partial charge in [-0.3, -0.25) is 4.79 Å². The number of hydrogen-bond donors (Lipinski definition) is 3. The molecule has 10 heteroatoms. The lowest BCUT2D eigenvalue weighted by Crippen LogP contribution is -2.22. The van der Waals surface area contributed by atoms with Crippen molar-refractivity contribution in [2.45, 2.75) is 33.1 Å². The number of aryl methyl sites for hydroxylation is 1. The van der Waals surface area contributed by atoms with Gasteiger partial charge in [-0.2, -0.15) is 5.10 Å². The second-order valence-electron chi connectivity index (χ2n) is 9.10. The molecule has 3 heterocycles. The molecule has 3 N–H and O–H groups in total. The minimum atomic E-state index is -0.117. The van der Waals surface area contributed by atoms with Crippen molar-refractivity contribution in [3.63, 3.8) is 0 Å². The van der Waals surface area contributed by atoms with Gasteiger partial charge >= 0.3 is 0 Å². The summed E-state index contributed by atoms with van der Waals surface area (Å²) < 4.78 is 10.9. The molecule has 4 rings (SSSR count). The molecule has 0 saturated heterocycles. The van der Waals surface area contributed by atoms with Crippen LogP contribution in [0.3, 0.4) is 0 Å². The zero-order chi connectivity index (χ0) is 27.8. The number of carbonyl (C=O) groups is 1. The van der Waals surface area contributed by atoms with Gasteiger partial charge in [0, 0.05) is 43.1 Å². The van der Waals surface area contributed by atoms with Gasteiger partial charge in [-0.1, -0.05) is 53.4 Å². The van der Waals surface area contributed by atoms with E-state index in [1.165, 1.54) is 11.3 Å². The number of halogens is 1. The summed E-state index contributed by atoms with van der Waals surface area (Å²) >= 11 is 7.65. The summed E-state index contributed by atoms with van der Waals surface area (Å²) in [5.74, 6) is 1.51. The first-order chi connectivity index (χ1) is 18.9. The summed E-state index contributed by atoms with van der Waals surface area (Å²) in [6.45, 7) is 4.71. The third kappa shape index (κ3) is 7.25. The highest BCUT2D eigenvalue weighted by molar-refractivity contribution is 7.96. The van der Waals surface area contributed by atoms with Gasteiger partial charge in [0.25, 0.3) is 0 Å². The lowest BCUT2D eigenvalue weighted by Gasteiger charge is -2.13. The van der Waals surface area contributed by atoms with Crippen LogP contribution in [0.2, 0.25) is 5.02 Å². The number of nitrogens with zero attached hydrogens (tertiary/aromatic N) is 3. The molecular weight excluding hydrogens is 532 g/mol. The molecule has 0 fully saturated rings. The van der Waals surface area contributed by atoms with Crippen molar-refractivity contribution in [1.29, 1.82) is 0 Å². The Morgan fingerprint density at radius 1 is 1.18 bits per heavy atom. The van der Waals surface area contributed by atoms with Crippen molar-refractivity contribution in [2.75, 3.05) is 25.2 Å². The summed E-state index contributed by atoms with van der Waals surface area (Å²) in [6.07, 6.45) is 13.9. The second kappa shape index (κ2) is 13.4. The predicted molar refractivity (Wildman–Crippen MR) is 160 cm³/mol. The van der Waals surface area contributed by atoms with E-state index in [1.54, 1.807) is 48.2 Å². The Morgan fingerprint density at radius 3 is 2.77 bits per heavy atom. The smallest absolute Gasteiger partial charge is 0.219 e. The zero-order valence-corrected chi connectivity index (χ0v) is 24.1. The van der Waals surface area contributed by atoms with Crippen LogP contribution in [-0.2, 0) is 0 Å². The molecule has 0 aliphatic carbocycles. The fourth-order valence-corrected chi connectivity index (χ4v) is 4.86. The Labute approximate surface area is 238 Å². The molecule has 0 bridgehead atoms. The van der Waals surface area contributed by atoms with Crippen LogP contribution in [0, 0.1) is 6.92 Å². The number of ether oxygens (including phenoxy) is 1. The number of benzene rings is 1. The number of nitrogens with one attached hydrogen (secondary N) is 3. The highest BCUT2D eigenvalue weighted by atomic mass is 35.5. The number of Topliss-reactive ketones (excluding diaryl/α,β-unsaturated/α-hetero) is 1. The molecule has 0 radical (unpaired) electrons. The maximum Gasteiger partial charge on any atom is 0.219 e. The Morgan fingerprint density at radius 2 is 2.03 bits per heavy atom. The van der Waals surface area contributed by atoms with Crippen molar-refractivity contribution in [2.24, 2.45) is 0 Å². The number of pyridine rings is 1. The standard InChI is InChI=1S/C29H33ClN6O2S/c1-19-8-5-12-25(32-13-7-10-22(14-19)35-39-4)28(37)24-17-34-36(29(24)31-3)26-18-33-27(15-20(26)2)38-23-11-6-9-21(30)16-23/h6,8-12,15-18,31-32,35H,5,7,13-14H2,1-4H3/b19-8-,22-10+,25-12-. The predicted octanol–water partition coefficient (Wildman–Crippen LogP) is 6.60. The van der Waals surface area contributed by atoms with Gasteiger partial charge in [0.1, 0.15) is 11.6 Å². The van der Waals surface area contributed by atoms with Gasteiger partial charge < -0.3 is 20.1 Å². The van der Waals surface area contributed by atoms with Crippen molar-refractivity contribution in [1.82, 2.24) is 24.8 Å². The third-order valence-electron chi connectivity index (χ3n) is 6.14. The van der Waals surface area contributed by atoms with Crippen LogP contribution in [0.4, 0.5) is 5.82 Å². The summed E-state index contributed by atoms with van der Waals surface area (Å²) in [4.78, 5) is 18.1. The monoisotopic (exact) mass is 564 g/mol. The molecule has 1 aliphatic rings. The van der Waals surface area contributed by atoms with Gasteiger partial charge in [0.2, 0.25) is 11.7 Å². The van der Waals surface area contributed by atoms with Crippen molar-refractivity contribution in [3.05, 3.63) is 94.1 Å². The summed E-state index contributed by atoms with van der Waals surface area (Å²) in [5, 5.41) is 11.6. The minimum Gasteiger partial charge on any atom is -0.439 e. The Bertz CT molecular complexity index is 1430. The van der Waals surface area contributed by atoms with E-state index >= 15 is 0 Å². The number of anilines is 1. The van der Waals surface area contributed by atoms with Gasteiger partial charge in [-0.25, -0.2) is 9.67 Å². The second-order valence-corrected chi connectivity index (χ2v) is 10.1.